The Labute approximate surface area is 226 Å². The molecule has 7 nitrogen and oxygen atoms in total. The van der Waals surface area contributed by atoms with Crippen molar-refractivity contribution in [3.8, 4) is 0 Å². The molecule has 37 heavy (non-hydrogen) atoms. The van der Waals surface area contributed by atoms with E-state index in [1.165, 1.54) is 22.4 Å². The predicted molar refractivity (Wildman–Crippen MR) is 148 cm³/mol. The first-order valence-corrected chi connectivity index (χ1v) is 14.1. The van der Waals surface area contributed by atoms with Gasteiger partial charge in [0.1, 0.15) is 0 Å². The minimum atomic E-state index is -0.380. The van der Waals surface area contributed by atoms with Crippen LogP contribution in [0.15, 0.2) is 67.0 Å². The number of amides is 1. The van der Waals surface area contributed by atoms with Gasteiger partial charge in [-0.1, -0.05) is 41.9 Å². The number of carbonyl (C=O) groups excluding carboxylic acids is 1. The van der Waals surface area contributed by atoms with Gasteiger partial charge in [0, 0.05) is 61.6 Å². The zero-order chi connectivity index (χ0) is 25.2. The minimum Gasteiger partial charge on any atom is -0.429 e. The van der Waals surface area contributed by atoms with Crippen LogP contribution in [0.2, 0.25) is 5.02 Å². The van der Waals surface area contributed by atoms with Crippen molar-refractivity contribution < 1.29 is 9.53 Å². The lowest BCUT2D eigenvalue weighted by Crippen LogP contribution is -2.50. The van der Waals surface area contributed by atoms with Crippen molar-refractivity contribution in [3.05, 3.63) is 94.3 Å². The van der Waals surface area contributed by atoms with Crippen LogP contribution in [0.4, 0.5) is 10.5 Å². The number of rotatable bonds is 5. The standard InChI is InChI=1S/C28H30ClN5O2S/c29-22-7-8-24-21(15-22)14-19-4-1-2-6-23(19)25-17-33(12-13-34(24)25)11-10-31-28(35)36-26-18-37-27(32-26)20-5-3-9-30-16-20/h1-9,15-16,25-27,32H,10-14,17-18H2,(H,31,35). The molecule has 1 amide bonds. The predicted octanol–water partition coefficient (Wildman–Crippen LogP) is 4.59. The van der Waals surface area contributed by atoms with Crippen LogP contribution in [-0.2, 0) is 11.2 Å². The molecular weight excluding hydrogens is 506 g/mol. The number of fused-ring (bicyclic) bond motifs is 5. The Hall–Kier alpha value is -2.78. The zero-order valence-corrected chi connectivity index (χ0v) is 22.0. The van der Waals surface area contributed by atoms with Gasteiger partial charge in [0.25, 0.3) is 0 Å². The molecule has 3 atom stereocenters. The number of nitrogens with zero attached hydrogens (tertiary/aromatic N) is 3. The smallest absolute Gasteiger partial charge is 0.408 e. The first kappa shape index (κ1) is 24.6. The number of alkyl carbamates (subject to hydrolysis) is 1. The molecule has 4 heterocycles. The number of pyridine rings is 1. The average Bonchev–Trinajstić information content (AvgIpc) is 3.33. The molecule has 3 unspecified atom stereocenters. The first-order chi connectivity index (χ1) is 18.1. The van der Waals surface area contributed by atoms with E-state index in [9.17, 15) is 4.79 Å². The summed E-state index contributed by atoms with van der Waals surface area (Å²) in [6, 6.07) is 19.2. The lowest BCUT2D eigenvalue weighted by Gasteiger charge is -2.43. The van der Waals surface area contributed by atoms with Crippen LogP contribution < -0.4 is 15.5 Å². The molecule has 9 heteroatoms. The highest BCUT2D eigenvalue weighted by Gasteiger charge is 2.33. The van der Waals surface area contributed by atoms with E-state index in [-0.39, 0.29) is 23.7 Å². The van der Waals surface area contributed by atoms with Crippen LogP contribution in [0, 0.1) is 0 Å². The van der Waals surface area contributed by atoms with Crippen LogP contribution in [0.25, 0.3) is 0 Å². The SMILES string of the molecule is O=C(NCCN1CCN2c3ccc(Cl)cc3Cc3ccccc3C2C1)OC1CSC(c2cccnc2)N1. The third-order valence-electron chi connectivity index (χ3n) is 7.30. The van der Waals surface area contributed by atoms with Gasteiger partial charge >= 0.3 is 6.09 Å². The maximum Gasteiger partial charge on any atom is 0.408 e. The second kappa shape index (κ2) is 10.9. The van der Waals surface area contributed by atoms with Gasteiger partial charge in [-0.2, -0.15) is 0 Å². The van der Waals surface area contributed by atoms with Crippen LogP contribution in [0.5, 0.6) is 0 Å². The number of hydrogen-bond donors (Lipinski definition) is 2. The van der Waals surface area contributed by atoms with E-state index in [0.717, 1.165) is 43.2 Å². The summed E-state index contributed by atoms with van der Waals surface area (Å²) in [7, 11) is 0. The topological polar surface area (TPSA) is 69.7 Å². The summed E-state index contributed by atoms with van der Waals surface area (Å²) < 4.78 is 5.61. The second-order valence-electron chi connectivity index (χ2n) is 9.65. The van der Waals surface area contributed by atoms with E-state index in [4.69, 9.17) is 16.3 Å². The van der Waals surface area contributed by atoms with Crippen LogP contribution in [-0.4, -0.2) is 60.7 Å². The number of nitrogens with one attached hydrogen (secondary N) is 2. The van der Waals surface area contributed by atoms with E-state index < -0.39 is 0 Å². The summed E-state index contributed by atoms with van der Waals surface area (Å²) in [5, 5.41) is 7.17. The summed E-state index contributed by atoms with van der Waals surface area (Å²) in [4.78, 5) is 21.6. The van der Waals surface area contributed by atoms with Gasteiger partial charge in [0.05, 0.1) is 11.4 Å². The summed E-state index contributed by atoms with van der Waals surface area (Å²) in [6.45, 7) is 4.09. The maximum absolute atomic E-state index is 12.5. The van der Waals surface area contributed by atoms with Crippen molar-refractivity contribution in [2.75, 3.05) is 43.4 Å². The van der Waals surface area contributed by atoms with Crippen LogP contribution in [0.1, 0.15) is 33.7 Å². The van der Waals surface area contributed by atoms with E-state index in [1.807, 2.05) is 24.4 Å². The number of benzene rings is 2. The molecule has 3 aliphatic rings. The maximum atomic E-state index is 12.5. The number of ether oxygens (including phenoxy) is 1. The number of piperazine rings is 1. The van der Waals surface area contributed by atoms with Crippen molar-refractivity contribution in [1.29, 1.82) is 0 Å². The Kier molecular flexibility index (Phi) is 7.24. The quantitative estimate of drug-likeness (QED) is 0.495. The van der Waals surface area contributed by atoms with E-state index >= 15 is 0 Å². The Morgan fingerprint density at radius 2 is 2.08 bits per heavy atom. The third-order valence-corrected chi connectivity index (χ3v) is 8.77. The highest BCUT2D eigenvalue weighted by Crippen LogP contribution is 2.40. The normalized spacial score (nSPS) is 22.9. The van der Waals surface area contributed by atoms with Crippen molar-refractivity contribution in [3.63, 3.8) is 0 Å². The molecule has 3 aromatic rings. The van der Waals surface area contributed by atoms with E-state index in [1.54, 1.807) is 18.0 Å². The number of aromatic nitrogens is 1. The first-order valence-electron chi connectivity index (χ1n) is 12.7. The van der Waals surface area contributed by atoms with E-state index in [2.05, 4.69) is 61.8 Å². The molecule has 0 spiro atoms. The summed E-state index contributed by atoms with van der Waals surface area (Å²) in [5.74, 6) is 0.711. The van der Waals surface area contributed by atoms with E-state index in [0.29, 0.717) is 12.3 Å². The molecule has 192 valence electrons. The number of halogens is 1. The second-order valence-corrected chi connectivity index (χ2v) is 11.2. The molecule has 3 aliphatic heterocycles. The number of thioether (sulfide) groups is 1. The van der Waals surface area contributed by atoms with Gasteiger partial charge in [0.15, 0.2) is 6.23 Å². The Balaban J connectivity index is 1.04. The summed E-state index contributed by atoms with van der Waals surface area (Å²) >= 11 is 8.07. The lowest BCUT2D eigenvalue weighted by molar-refractivity contribution is 0.0927. The fraction of sp³-hybridized carbons (Fsp3) is 0.357. The number of anilines is 1. The minimum absolute atomic E-state index is 0.0893. The molecule has 0 bridgehead atoms. The number of hydrogen-bond acceptors (Lipinski definition) is 7. The van der Waals surface area contributed by atoms with Crippen molar-refractivity contribution >= 4 is 35.1 Å². The van der Waals surface area contributed by atoms with Gasteiger partial charge < -0.3 is 15.0 Å². The molecule has 2 N–H and O–H groups in total. The molecule has 2 aromatic carbocycles. The van der Waals surface area contributed by atoms with Crippen LogP contribution >= 0.6 is 23.4 Å². The van der Waals surface area contributed by atoms with Gasteiger partial charge in [-0.3, -0.25) is 15.2 Å². The Bertz CT molecular complexity index is 1260. The fourth-order valence-corrected chi connectivity index (χ4v) is 6.83. The van der Waals surface area contributed by atoms with Crippen LogP contribution in [0.3, 0.4) is 0 Å². The van der Waals surface area contributed by atoms with Gasteiger partial charge in [0.2, 0.25) is 0 Å². The fourth-order valence-electron chi connectivity index (χ4n) is 5.53. The van der Waals surface area contributed by atoms with Gasteiger partial charge in [-0.05, 0) is 52.9 Å². The molecule has 6 rings (SSSR count). The van der Waals surface area contributed by atoms with Gasteiger partial charge in [-0.25, -0.2) is 4.79 Å². The zero-order valence-electron chi connectivity index (χ0n) is 20.5. The van der Waals surface area contributed by atoms with Crippen molar-refractivity contribution in [2.45, 2.75) is 24.1 Å². The lowest BCUT2D eigenvalue weighted by atomic mass is 9.96. The Morgan fingerprint density at radius 1 is 1.16 bits per heavy atom. The van der Waals surface area contributed by atoms with Crippen molar-refractivity contribution in [2.24, 2.45) is 0 Å². The molecule has 0 saturated carbocycles. The highest BCUT2D eigenvalue weighted by molar-refractivity contribution is 7.99. The molecule has 1 aromatic heterocycles. The Morgan fingerprint density at radius 3 is 2.97 bits per heavy atom. The molecular formula is C28H30ClN5O2S. The number of carbonyl (C=O) groups is 1. The average molecular weight is 536 g/mol. The molecule has 0 radical (unpaired) electrons. The highest BCUT2D eigenvalue weighted by atomic mass is 35.5. The summed E-state index contributed by atoms with van der Waals surface area (Å²) in [5.41, 5.74) is 6.38. The third kappa shape index (κ3) is 5.43. The largest absolute Gasteiger partial charge is 0.429 e. The van der Waals surface area contributed by atoms with Gasteiger partial charge in [-0.15, -0.1) is 11.8 Å². The monoisotopic (exact) mass is 535 g/mol. The molecule has 2 fully saturated rings. The van der Waals surface area contributed by atoms with Crippen molar-refractivity contribution in [1.82, 2.24) is 20.5 Å². The molecule has 0 aliphatic carbocycles. The summed E-state index contributed by atoms with van der Waals surface area (Å²) in [6.07, 6.45) is 3.80. The molecule has 2 saturated heterocycles.